The molecule has 0 atom stereocenters. The summed E-state index contributed by atoms with van der Waals surface area (Å²) >= 11 is 0. The monoisotopic (exact) mass is 355 g/mol. The predicted molar refractivity (Wildman–Crippen MR) is 103 cm³/mol. The molecule has 3 rings (SSSR count). The molecule has 1 saturated heterocycles. The number of hydrogen-bond acceptors (Lipinski definition) is 3. The van der Waals surface area contributed by atoms with Crippen molar-refractivity contribution in [3.63, 3.8) is 0 Å². The highest BCUT2D eigenvalue weighted by molar-refractivity contribution is 5.94. The van der Waals surface area contributed by atoms with Crippen molar-refractivity contribution in [2.45, 2.75) is 13.3 Å². The SMILES string of the molecule is Cc1cccc(N2CCN(CCCNC(=O)c3ccccc3F)CC2)c1. The third-order valence-electron chi connectivity index (χ3n) is 4.79. The van der Waals surface area contributed by atoms with Gasteiger partial charge >= 0.3 is 0 Å². The maximum atomic E-state index is 13.6. The van der Waals surface area contributed by atoms with E-state index >= 15 is 0 Å². The molecule has 0 aliphatic carbocycles. The van der Waals surface area contributed by atoms with E-state index in [-0.39, 0.29) is 11.5 Å². The molecule has 0 bridgehead atoms. The Hall–Kier alpha value is -2.40. The van der Waals surface area contributed by atoms with Crippen molar-refractivity contribution in [2.24, 2.45) is 0 Å². The number of rotatable bonds is 6. The summed E-state index contributed by atoms with van der Waals surface area (Å²) < 4.78 is 13.6. The Balaban J connectivity index is 1.37. The van der Waals surface area contributed by atoms with Gasteiger partial charge in [-0.05, 0) is 49.7 Å². The predicted octanol–water partition coefficient (Wildman–Crippen LogP) is 3.08. The number of amides is 1. The second kappa shape index (κ2) is 8.81. The average molecular weight is 355 g/mol. The molecule has 1 aliphatic rings. The zero-order chi connectivity index (χ0) is 18.4. The van der Waals surface area contributed by atoms with Crippen LogP contribution < -0.4 is 10.2 Å². The van der Waals surface area contributed by atoms with Crippen LogP contribution >= 0.6 is 0 Å². The average Bonchev–Trinajstić information content (AvgIpc) is 2.66. The van der Waals surface area contributed by atoms with Crippen molar-refractivity contribution < 1.29 is 9.18 Å². The second-order valence-corrected chi connectivity index (χ2v) is 6.76. The number of piperazine rings is 1. The lowest BCUT2D eigenvalue weighted by molar-refractivity contribution is 0.0947. The Morgan fingerprint density at radius 2 is 1.85 bits per heavy atom. The molecule has 5 heteroatoms. The van der Waals surface area contributed by atoms with E-state index in [0.29, 0.717) is 6.54 Å². The van der Waals surface area contributed by atoms with Gasteiger partial charge in [0.2, 0.25) is 0 Å². The first-order valence-electron chi connectivity index (χ1n) is 9.20. The van der Waals surface area contributed by atoms with Crippen LogP contribution in [0.4, 0.5) is 10.1 Å². The first kappa shape index (κ1) is 18.4. The van der Waals surface area contributed by atoms with Crippen molar-refractivity contribution >= 4 is 11.6 Å². The van der Waals surface area contributed by atoms with Crippen molar-refractivity contribution in [1.29, 1.82) is 0 Å². The molecule has 138 valence electrons. The number of nitrogens with zero attached hydrogens (tertiary/aromatic N) is 2. The smallest absolute Gasteiger partial charge is 0.254 e. The molecule has 2 aromatic carbocycles. The number of benzene rings is 2. The van der Waals surface area contributed by atoms with Crippen LogP contribution in [-0.2, 0) is 0 Å². The summed E-state index contributed by atoms with van der Waals surface area (Å²) in [6.07, 6.45) is 0.866. The van der Waals surface area contributed by atoms with E-state index in [1.807, 2.05) is 0 Å². The maximum absolute atomic E-state index is 13.6. The number of halogens is 1. The van der Waals surface area contributed by atoms with Crippen LogP contribution in [0.1, 0.15) is 22.3 Å². The summed E-state index contributed by atoms with van der Waals surface area (Å²) in [7, 11) is 0. The van der Waals surface area contributed by atoms with Crippen molar-refractivity contribution in [3.8, 4) is 0 Å². The van der Waals surface area contributed by atoms with Crippen molar-refractivity contribution in [3.05, 3.63) is 65.5 Å². The minimum absolute atomic E-state index is 0.110. The highest BCUT2D eigenvalue weighted by Crippen LogP contribution is 2.17. The number of carbonyl (C=O) groups is 1. The van der Waals surface area contributed by atoms with Gasteiger partial charge in [0, 0.05) is 38.4 Å². The van der Waals surface area contributed by atoms with Gasteiger partial charge in [0.25, 0.3) is 5.91 Å². The second-order valence-electron chi connectivity index (χ2n) is 6.76. The topological polar surface area (TPSA) is 35.6 Å². The van der Waals surface area contributed by atoms with Crippen LogP contribution in [0, 0.1) is 12.7 Å². The van der Waals surface area contributed by atoms with E-state index in [4.69, 9.17) is 0 Å². The summed E-state index contributed by atoms with van der Waals surface area (Å²) in [5.74, 6) is -0.815. The van der Waals surface area contributed by atoms with Gasteiger partial charge in [0.1, 0.15) is 5.82 Å². The molecule has 2 aromatic rings. The quantitative estimate of drug-likeness (QED) is 0.809. The lowest BCUT2D eigenvalue weighted by atomic mass is 10.2. The molecule has 1 N–H and O–H groups in total. The van der Waals surface area contributed by atoms with Gasteiger partial charge in [0.15, 0.2) is 0 Å². The fourth-order valence-corrected chi connectivity index (χ4v) is 3.30. The fourth-order valence-electron chi connectivity index (χ4n) is 3.30. The fraction of sp³-hybridized carbons (Fsp3) is 0.381. The molecule has 1 amide bonds. The molecule has 0 unspecified atom stereocenters. The van der Waals surface area contributed by atoms with Crippen molar-refractivity contribution in [1.82, 2.24) is 10.2 Å². The maximum Gasteiger partial charge on any atom is 0.254 e. The van der Waals surface area contributed by atoms with E-state index in [1.165, 1.54) is 23.4 Å². The summed E-state index contributed by atoms with van der Waals surface area (Å²) in [4.78, 5) is 16.8. The Bertz CT molecular complexity index is 742. The number of carbonyl (C=O) groups excluding carboxylic acids is 1. The van der Waals surface area contributed by atoms with Crippen LogP contribution in [0.25, 0.3) is 0 Å². The molecule has 1 fully saturated rings. The summed E-state index contributed by atoms with van der Waals surface area (Å²) in [5, 5.41) is 2.80. The van der Waals surface area contributed by atoms with Gasteiger partial charge in [-0.2, -0.15) is 0 Å². The first-order valence-corrected chi connectivity index (χ1v) is 9.20. The van der Waals surface area contributed by atoms with Gasteiger partial charge in [-0.3, -0.25) is 9.69 Å². The molecule has 0 radical (unpaired) electrons. The first-order chi connectivity index (χ1) is 12.6. The van der Waals surface area contributed by atoms with E-state index in [0.717, 1.165) is 39.1 Å². The van der Waals surface area contributed by atoms with Crippen molar-refractivity contribution in [2.75, 3.05) is 44.2 Å². The molecule has 0 spiro atoms. The minimum atomic E-state index is -0.475. The highest BCUT2D eigenvalue weighted by atomic mass is 19.1. The summed E-state index contributed by atoms with van der Waals surface area (Å²) in [6, 6.07) is 14.7. The molecule has 0 aromatic heterocycles. The summed E-state index contributed by atoms with van der Waals surface area (Å²) in [5.41, 5.74) is 2.69. The largest absolute Gasteiger partial charge is 0.369 e. The van der Waals surface area contributed by atoms with Gasteiger partial charge in [0.05, 0.1) is 5.56 Å². The van der Waals surface area contributed by atoms with Gasteiger partial charge in [-0.25, -0.2) is 4.39 Å². The Morgan fingerprint density at radius 1 is 1.08 bits per heavy atom. The Kier molecular flexibility index (Phi) is 6.23. The third kappa shape index (κ3) is 4.82. The lowest BCUT2D eigenvalue weighted by Gasteiger charge is -2.36. The summed E-state index contributed by atoms with van der Waals surface area (Å²) in [6.45, 7) is 7.71. The third-order valence-corrected chi connectivity index (χ3v) is 4.79. The number of hydrogen-bond donors (Lipinski definition) is 1. The van der Waals surface area contributed by atoms with Crippen LogP contribution in [0.3, 0.4) is 0 Å². The van der Waals surface area contributed by atoms with E-state index in [2.05, 4.69) is 46.3 Å². The lowest BCUT2D eigenvalue weighted by Crippen LogP contribution is -2.47. The van der Waals surface area contributed by atoms with E-state index < -0.39 is 5.82 Å². The van der Waals surface area contributed by atoms with Crippen LogP contribution in [0.5, 0.6) is 0 Å². The Labute approximate surface area is 154 Å². The minimum Gasteiger partial charge on any atom is -0.369 e. The highest BCUT2D eigenvalue weighted by Gasteiger charge is 2.17. The van der Waals surface area contributed by atoms with E-state index in [9.17, 15) is 9.18 Å². The molecular formula is C21H26FN3O. The number of nitrogens with one attached hydrogen (secondary N) is 1. The molecule has 26 heavy (non-hydrogen) atoms. The normalized spacial score (nSPS) is 15.1. The van der Waals surface area contributed by atoms with Crippen LogP contribution in [0.15, 0.2) is 48.5 Å². The molecular weight excluding hydrogens is 329 g/mol. The zero-order valence-corrected chi connectivity index (χ0v) is 15.2. The van der Waals surface area contributed by atoms with Crippen LogP contribution in [-0.4, -0.2) is 50.1 Å². The van der Waals surface area contributed by atoms with Gasteiger partial charge < -0.3 is 10.2 Å². The van der Waals surface area contributed by atoms with E-state index in [1.54, 1.807) is 12.1 Å². The molecule has 1 heterocycles. The number of anilines is 1. The van der Waals surface area contributed by atoms with Gasteiger partial charge in [-0.15, -0.1) is 0 Å². The molecule has 4 nitrogen and oxygen atoms in total. The molecule has 1 aliphatic heterocycles. The number of aryl methyl sites for hydroxylation is 1. The standard InChI is InChI=1S/C21H26FN3O/c1-17-6-4-7-18(16-17)25-14-12-24(13-15-25)11-5-10-23-21(26)19-8-2-3-9-20(19)22/h2-4,6-9,16H,5,10-15H2,1H3,(H,23,26). The molecule has 0 saturated carbocycles. The van der Waals surface area contributed by atoms with Crippen LogP contribution in [0.2, 0.25) is 0 Å². The Morgan fingerprint density at radius 3 is 2.58 bits per heavy atom. The van der Waals surface area contributed by atoms with Gasteiger partial charge in [-0.1, -0.05) is 24.3 Å². The zero-order valence-electron chi connectivity index (χ0n) is 15.2.